The van der Waals surface area contributed by atoms with Crippen molar-refractivity contribution in [1.29, 1.82) is 0 Å². The van der Waals surface area contributed by atoms with Gasteiger partial charge in [0.2, 0.25) is 0 Å². The van der Waals surface area contributed by atoms with Crippen LogP contribution >= 0.6 is 0 Å². The Labute approximate surface area is 191 Å². The lowest BCUT2D eigenvalue weighted by Gasteiger charge is -2.44. The minimum atomic E-state index is -1.22. The molecule has 0 saturated carbocycles. The molecule has 0 aliphatic carbocycles. The Kier molecular flexibility index (Phi) is 6.96. The summed E-state index contributed by atoms with van der Waals surface area (Å²) in [6.45, 7) is 0. The number of benzene rings is 5. The summed E-state index contributed by atoms with van der Waals surface area (Å²) in [5.41, 5.74) is 10.1. The van der Waals surface area contributed by atoms with Crippen LogP contribution in [0.15, 0.2) is 152 Å². The lowest BCUT2D eigenvalue weighted by atomic mass is 9.13. The van der Waals surface area contributed by atoms with Crippen LogP contribution in [0.4, 0.5) is 5.69 Å². The molecule has 5 rings (SSSR count). The molecule has 3 N–H and O–H groups in total. The lowest BCUT2D eigenvalue weighted by Crippen LogP contribution is -2.74. The van der Waals surface area contributed by atoms with Crippen molar-refractivity contribution < 1.29 is 5.73 Å². The molecule has 0 amide bonds. The van der Waals surface area contributed by atoms with E-state index in [1.54, 1.807) is 0 Å². The van der Waals surface area contributed by atoms with Crippen molar-refractivity contribution in [2.24, 2.45) is 0 Å². The third-order valence-corrected chi connectivity index (χ3v) is 6.04. The molecule has 0 atom stereocenters. The Bertz CT molecular complexity index is 1030. The molecule has 5 aromatic rings. The van der Waals surface area contributed by atoms with E-state index in [1.807, 2.05) is 30.3 Å². The lowest BCUT2D eigenvalue weighted by molar-refractivity contribution is -0.254. The second-order valence-corrected chi connectivity index (χ2v) is 7.99. The second-order valence-electron chi connectivity index (χ2n) is 7.99. The zero-order valence-electron chi connectivity index (χ0n) is 18.2. The van der Waals surface area contributed by atoms with Crippen LogP contribution in [0.3, 0.4) is 0 Å². The van der Waals surface area contributed by atoms with Gasteiger partial charge in [-0.2, -0.15) is 21.9 Å². The third-order valence-electron chi connectivity index (χ3n) is 6.04. The highest BCUT2D eigenvalue weighted by atomic mass is 14.5. The van der Waals surface area contributed by atoms with Gasteiger partial charge in [0, 0.05) is 0 Å². The molecular weight excluding hydrogens is 385 g/mol. The Balaban J connectivity index is 0.000000300. The van der Waals surface area contributed by atoms with E-state index in [4.69, 9.17) is 0 Å². The van der Waals surface area contributed by atoms with Crippen LogP contribution < -0.4 is 27.6 Å². The summed E-state index contributed by atoms with van der Waals surface area (Å²) >= 11 is 0. The molecule has 0 unspecified atom stereocenters. The third kappa shape index (κ3) is 4.56. The Morgan fingerprint density at radius 2 is 0.531 bits per heavy atom. The molecule has 0 heterocycles. The van der Waals surface area contributed by atoms with Gasteiger partial charge >= 0.3 is 0 Å². The van der Waals surface area contributed by atoms with E-state index < -0.39 is 6.15 Å². The van der Waals surface area contributed by atoms with Gasteiger partial charge in [-0.05, 0) is 12.1 Å². The molecular formula is C30H28BN. The first-order valence-electron chi connectivity index (χ1n) is 11.1. The molecule has 0 bridgehead atoms. The largest absolute Gasteiger partial charge is 0.325 e. The van der Waals surface area contributed by atoms with Crippen LogP contribution in [-0.4, -0.2) is 6.15 Å². The highest BCUT2D eigenvalue weighted by molar-refractivity contribution is 7.19. The maximum absolute atomic E-state index is 3.72. The van der Waals surface area contributed by atoms with Crippen molar-refractivity contribution in [3.8, 4) is 0 Å². The van der Waals surface area contributed by atoms with Crippen LogP contribution in [0.25, 0.3) is 0 Å². The van der Waals surface area contributed by atoms with Crippen molar-refractivity contribution in [3.63, 3.8) is 0 Å². The molecule has 5 aromatic carbocycles. The molecule has 0 spiro atoms. The fourth-order valence-electron chi connectivity index (χ4n) is 4.60. The predicted molar refractivity (Wildman–Crippen MR) is 139 cm³/mol. The monoisotopic (exact) mass is 413 g/mol. The van der Waals surface area contributed by atoms with Crippen LogP contribution in [0.2, 0.25) is 0 Å². The molecule has 0 aromatic heterocycles. The first kappa shape index (κ1) is 21.4. The summed E-state index contributed by atoms with van der Waals surface area (Å²) < 4.78 is 0. The number of rotatable bonds is 4. The predicted octanol–water partition coefficient (Wildman–Crippen LogP) is 3.62. The minimum Gasteiger partial charge on any atom is -0.325 e. The number of hydrogen-bond acceptors (Lipinski definition) is 0. The average molecular weight is 413 g/mol. The van der Waals surface area contributed by atoms with E-state index in [9.17, 15) is 0 Å². The van der Waals surface area contributed by atoms with Gasteiger partial charge in [0.1, 0.15) is 11.8 Å². The van der Waals surface area contributed by atoms with Gasteiger partial charge in [-0.1, -0.05) is 140 Å². The molecule has 1 nitrogen and oxygen atoms in total. The van der Waals surface area contributed by atoms with Gasteiger partial charge in [0.05, 0.1) is 0 Å². The molecule has 0 radical (unpaired) electrons. The van der Waals surface area contributed by atoms with Crippen molar-refractivity contribution in [1.82, 2.24) is 0 Å². The van der Waals surface area contributed by atoms with E-state index in [-0.39, 0.29) is 0 Å². The average Bonchev–Trinajstić information content (AvgIpc) is 2.88. The Hall–Kier alpha value is -3.88. The van der Waals surface area contributed by atoms with Crippen molar-refractivity contribution in [2.45, 2.75) is 0 Å². The first-order valence-corrected chi connectivity index (χ1v) is 11.1. The highest BCUT2D eigenvalue weighted by Gasteiger charge is 2.30. The Morgan fingerprint density at radius 1 is 0.312 bits per heavy atom. The van der Waals surface area contributed by atoms with E-state index in [0.29, 0.717) is 0 Å². The summed E-state index contributed by atoms with van der Waals surface area (Å²) in [7, 11) is 0. The summed E-state index contributed by atoms with van der Waals surface area (Å²) in [5, 5.41) is 0. The van der Waals surface area contributed by atoms with E-state index in [2.05, 4.69) is 127 Å². The summed E-state index contributed by atoms with van der Waals surface area (Å²) in [4.78, 5) is 0. The standard InChI is InChI=1S/C24H20B.C6H7N/c1-5-13-21(14-6-1)25(22-15-7-2-8-16-22,23-17-9-3-10-18-23)24-19-11-4-12-20-24;7-6-4-2-1-3-5-6/h1-20H;1-5H,7H2/q-1;/p+1. The van der Waals surface area contributed by atoms with Gasteiger partial charge in [-0.15, -0.1) is 0 Å². The van der Waals surface area contributed by atoms with Gasteiger partial charge in [-0.3, -0.25) is 0 Å². The zero-order valence-corrected chi connectivity index (χ0v) is 18.2. The van der Waals surface area contributed by atoms with E-state index >= 15 is 0 Å². The van der Waals surface area contributed by atoms with Gasteiger partial charge in [0.25, 0.3) is 0 Å². The maximum Gasteiger partial charge on any atom is 0.127 e. The summed E-state index contributed by atoms with van der Waals surface area (Å²) in [5.74, 6) is 0. The fraction of sp³-hybridized carbons (Fsp3) is 0. The topological polar surface area (TPSA) is 27.6 Å². The molecule has 156 valence electrons. The van der Waals surface area contributed by atoms with Crippen molar-refractivity contribution in [3.05, 3.63) is 152 Å². The van der Waals surface area contributed by atoms with Crippen LogP contribution in [-0.2, 0) is 0 Å². The highest BCUT2D eigenvalue weighted by Crippen LogP contribution is 2.09. The van der Waals surface area contributed by atoms with E-state index in [1.165, 1.54) is 21.9 Å². The summed E-state index contributed by atoms with van der Waals surface area (Å²) in [6.07, 6.45) is -1.22. The minimum absolute atomic E-state index is 1.07. The molecule has 0 fully saturated rings. The Morgan fingerprint density at radius 3 is 0.719 bits per heavy atom. The fourth-order valence-corrected chi connectivity index (χ4v) is 4.60. The van der Waals surface area contributed by atoms with Gasteiger partial charge < -0.3 is 5.73 Å². The smallest absolute Gasteiger partial charge is 0.127 e. The van der Waals surface area contributed by atoms with Crippen LogP contribution in [0.5, 0.6) is 0 Å². The number of quaternary nitrogens is 1. The first-order chi connectivity index (χ1) is 15.8. The van der Waals surface area contributed by atoms with Gasteiger partial charge in [-0.25, -0.2) is 0 Å². The molecule has 0 saturated heterocycles. The van der Waals surface area contributed by atoms with Crippen molar-refractivity contribution >= 4 is 33.7 Å². The van der Waals surface area contributed by atoms with Crippen LogP contribution in [0.1, 0.15) is 0 Å². The molecule has 2 heteroatoms. The SMILES string of the molecule is [NH3+]c1ccccc1.c1ccc([B-](c2ccccc2)(c2ccccc2)c2ccccc2)cc1. The molecule has 0 aliphatic rings. The number of hydrogen-bond donors (Lipinski definition) is 1. The van der Waals surface area contributed by atoms with Crippen LogP contribution in [0, 0.1) is 0 Å². The van der Waals surface area contributed by atoms with E-state index in [0.717, 1.165) is 5.69 Å². The molecule has 0 aliphatic heterocycles. The normalized spacial score (nSPS) is 10.7. The second kappa shape index (κ2) is 10.4. The quantitative estimate of drug-likeness (QED) is 0.436. The van der Waals surface area contributed by atoms with Crippen molar-refractivity contribution in [2.75, 3.05) is 0 Å². The van der Waals surface area contributed by atoms with Gasteiger partial charge in [0.15, 0.2) is 0 Å². The zero-order chi connectivity index (χ0) is 22.1. The summed E-state index contributed by atoms with van der Waals surface area (Å²) in [6, 6.07) is 53.4. The molecule has 32 heavy (non-hydrogen) atoms. The maximum atomic E-state index is 3.72.